The first-order chi connectivity index (χ1) is 9.67. The van der Waals surface area contributed by atoms with E-state index in [4.69, 9.17) is 11.7 Å². The van der Waals surface area contributed by atoms with Crippen molar-refractivity contribution in [3.05, 3.63) is 59.7 Å². The van der Waals surface area contributed by atoms with Gasteiger partial charge in [-0.25, -0.2) is 11.7 Å². The van der Waals surface area contributed by atoms with Crippen LogP contribution in [0.3, 0.4) is 0 Å². The van der Waals surface area contributed by atoms with Gasteiger partial charge in [0, 0.05) is 0 Å². The number of carbonyl (C=O) groups is 2. The Kier molecular flexibility index (Phi) is 4.09. The predicted octanol–water partition coefficient (Wildman–Crippen LogP) is 0.561. The van der Waals surface area contributed by atoms with Crippen molar-refractivity contribution in [2.75, 3.05) is 0 Å². The molecule has 0 spiro atoms. The maximum absolute atomic E-state index is 11.8. The number of hydrazine groups is 2. The topological polar surface area (TPSA) is 110 Å². The van der Waals surface area contributed by atoms with Gasteiger partial charge in [-0.1, -0.05) is 36.4 Å². The highest BCUT2D eigenvalue weighted by molar-refractivity contribution is 6.07. The number of carbonyl (C=O) groups excluding carboxylic acids is 2. The lowest BCUT2D eigenvalue weighted by Gasteiger charge is -2.10. The molecule has 20 heavy (non-hydrogen) atoms. The fourth-order valence-corrected chi connectivity index (χ4v) is 1.90. The van der Waals surface area contributed by atoms with Crippen molar-refractivity contribution in [1.82, 2.24) is 10.9 Å². The van der Waals surface area contributed by atoms with Crippen LogP contribution in [-0.2, 0) is 0 Å². The smallest absolute Gasteiger partial charge is 0.266 e. The lowest BCUT2D eigenvalue weighted by molar-refractivity contribution is 0.0919. The molecule has 0 bridgehead atoms. The van der Waals surface area contributed by atoms with Gasteiger partial charge in [-0.3, -0.25) is 20.4 Å². The summed E-state index contributed by atoms with van der Waals surface area (Å²) >= 11 is 0. The Hall–Kier alpha value is -2.70. The molecule has 0 radical (unpaired) electrons. The summed E-state index contributed by atoms with van der Waals surface area (Å²) in [6, 6.07) is 14.4. The summed E-state index contributed by atoms with van der Waals surface area (Å²) < 4.78 is 0. The van der Waals surface area contributed by atoms with Crippen molar-refractivity contribution >= 4 is 11.8 Å². The van der Waals surface area contributed by atoms with E-state index in [0.29, 0.717) is 0 Å². The van der Waals surface area contributed by atoms with Gasteiger partial charge in [-0.05, 0) is 23.3 Å². The monoisotopic (exact) mass is 270 g/mol. The molecule has 0 unspecified atom stereocenters. The summed E-state index contributed by atoms with van der Waals surface area (Å²) in [5.41, 5.74) is 6.08. The number of nitrogens with one attached hydrogen (secondary N) is 2. The molecule has 0 aliphatic carbocycles. The number of nitrogen functional groups attached to an aromatic ring is 2. The Morgan fingerprint density at radius 2 is 1.35 bits per heavy atom. The standard InChI is InChI=1S/C14H14N4O2/c15-17-13(19)11-7-6-10(8-12(11)14(20)18-16)9-4-2-1-3-5-9/h1-8H,15-16H2,(H,17,19)(H,18,20). The summed E-state index contributed by atoms with van der Waals surface area (Å²) in [7, 11) is 0. The lowest BCUT2D eigenvalue weighted by Crippen LogP contribution is -2.35. The highest BCUT2D eigenvalue weighted by atomic mass is 16.2. The van der Waals surface area contributed by atoms with E-state index in [2.05, 4.69) is 0 Å². The van der Waals surface area contributed by atoms with Gasteiger partial charge in [-0.15, -0.1) is 0 Å². The molecule has 6 N–H and O–H groups in total. The molecule has 2 aromatic carbocycles. The quantitative estimate of drug-likeness (QED) is 0.371. The van der Waals surface area contributed by atoms with Crippen molar-refractivity contribution in [2.24, 2.45) is 11.7 Å². The van der Waals surface area contributed by atoms with E-state index in [1.165, 1.54) is 6.07 Å². The molecule has 6 nitrogen and oxygen atoms in total. The van der Waals surface area contributed by atoms with Crippen molar-refractivity contribution in [2.45, 2.75) is 0 Å². The third-order valence-electron chi connectivity index (χ3n) is 2.88. The molecule has 0 aliphatic rings. The fourth-order valence-electron chi connectivity index (χ4n) is 1.90. The van der Waals surface area contributed by atoms with E-state index in [0.717, 1.165) is 11.1 Å². The molecule has 0 fully saturated rings. The minimum atomic E-state index is -0.554. The number of nitrogens with two attached hydrogens (primary N) is 2. The van der Waals surface area contributed by atoms with Crippen molar-refractivity contribution in [3.8, 4) is 11.1 Å². The maximum Gasteiger partial charge on any atom is 0.266 e. The second-order valence-corrected chi connectivity index (χ2v) is 4.07. The molecule has 0 aliphatic heterocycles. The Labute approximate surface area is 115 Å². The molecule has 0 saturated heterocycles. The molecule has 0 heterocycles. The average Bonchev–Trinajstić information content (AvgIpc) is 2.53. The van der Waals surface area contributed by atoms with Gasteiger partial charge in [0.2, 0.25) is 0 Å². The first-order valence-electron chi connectivity index (χ1n) is 5.88. The summed E-state index contributed by atoms with van der Waals surface area (Å²) in [6.45, 7) is 0. The molecular weight excluding hydrogens is 256 g/mol. The zero-order valence-corrected chi connectivity index (χ0v) is 10.6. The third-order valence-corrected chi connectivity index (χ3v) is 2.88. The summed E-state index contributed by atoms with van der Waals surface area (Å²) in [5.74, 6) is 9.14. The lowest BCUT2D eigenvalue weighted by atomic mass is 9.98. The third kappa shape index (κ3) is 2.66. The van der Waals surface area contributed by atoms with E-state index in [-0.39, 0.29) is 11.1 Å². The first kappa shape index (κ1) is 13.7. The van der Waals surface area contributed by atoms with Crippen LogP contribution in [0.4, 0.5) is 0 Å². The number of hydrogen-bond acceptors (Lipinski definition) is 4. The zero-order chi connectivity index (χ0) is 14.5. The van der Waals surface area contributed by atoms with E-state index in [9.17, 15) is 9.59 Å². The Morgan fingerprint density at radius 1 is 0.750 bits per heavy atom. The molecule has 6 heteroatoms. The average molecular weight is 270 g/mol. The van der Waals surface area contributed by atoms with Crippen LogP contribution in [0.15, 0.2) is 48.5 Å². The Bertz CT molecular complexity index is 641. The summed E-state index contributed by atoms with van der Waals surface area (Å²) in [4.78, 5) is 23.4. The van der Waals surface area contributed by atoms with Crippen LogP contribution >= 0.6 is 0 Å². The number of hydrogen-bond donors (Lipinski definition) is 4. The van der Waals surface area contributed by atoms with E-state index in [1.807, 2.05) is 41.2 Å². The largest absolute Gasteiger partial charge is 0.290 e. The number of benzene rings is 2. The van der Waals surface area contributed by atoms with Crippen molar-refractivity contribution in [3.63, 3.8) is 0 Å². The van der Waals surface area contributed by atoms with Gasteiger partial charge in [-0.2, -0.15) is 0 Å². The molecule has 102 valence electrons. The van der Waals surface area contributed by atoms with Gasteiger partial charge in [0.15, 0.2) is 0 Å². The SMILES string of the molecule is NNC(=O)c1ccc(-c2ccccc2)cc1C(=O)NN. The van der Waals surface area contributed by atoms with Crippen LogP contribution in [0.25, 0.3) is 11.1 Å². The minimum absolute atomic E-state index is 0.162. The molecule has 2 aromatic rings. The van der Waals surface area contributed by atoms with E-state index >= 15 is 0 Å². The second-order valence-electron chi connectivity index (χ2n) is 4.07. The van der Waals surface area contributed by atoms with Gasteiger partial charge in [0.05, 0.1) is 11.1 Å². The molecular formula is C14H14N4O2. The van der Waals surface area contributed by atoms with Crippen LogP contribution in [0.1, 0.15) is 20.7 Å². The summed E-state index contributed by atoms with van der Waals surface area (Å²) in [5, 5.41) is 0. The summed E-state index contributed by atoms with van der Waals surface area (Å²) in [6.07, 6.45) is 0. The normalized spacial score (nSPS) is 9.90. The van der Waals surface area contributed by atoms with Crippen LogP contribution < -0.4 is 22.5 Å². The van der Waals surface area contributed by atoms with Crippen molar-refractivity contribution in [1.29, 1.82) is 0 Å². The van der Waals surface area contributed by atoms with Crippen LogP contribution in [0.5, 0.6) is 0 Å². The van der Waals surface area contributed by atoms with E-state index in [1.54, 1.807) is 12.1 Å². The fraction of sp³-hybridized carbons (Fsp3) is 0. The predicted molar refractivity (Wildman–Crippen MR) is 75.2 cm³/mol. The molecule has 0 aromatic heterocycles. The Balaban J connectivity index is 2.54. The van der Waals surface area contributed by atoms with Crippen molar-refractivity contribution < 1.29 is 9.59 Å². The highest BCUT2D eigenvalue weighted by Gasteiger charge is 2.16. The first-order valence-corrected chi connectivity index (χ1v) is 5.88. The van der Waals surface area contributed by atoms with Gasteiger partial charge >= 0.3 is 0 Å². The molecule has 2 rings (SSSR count). The molecule has 0 saturated carbocycles. The Morgan fingerprint density at radius 3 is 1.95 bits per heavy atom. The van der Waals surface area contributed by atoms with Gasteiger partial charge in [0.1, 0.15) is 0 Å². The maximum atomic E-state index is 11.8. The van der Waals surface area contributed by atoms with Crippen LogP contribution in [0.2, 0.25) is 0 Å². The molecule has 0 atom stereocenters. The van der Waals surface area contributed by atoms with E-state index < -0.39 is 11.8 Å². The van der Waals surface area contributed by atoms with Gasteiger partial charge < -0.3 is 0 Å². The van der Waals surface area contributed by atoms with Crippen LogP contribution in [0, 0.1) is 0 Å². The number of amides is 2. The zero-order valence-electron chi connectivity index (χ0n) is 10.6. The minimum Gasteiger partial charge on any atom is -0.290 e. The van der Waals surface area contributed by atoms with Gasteiger partial charge in [0.25, 0.3) is 11.8 Å². The second kappa shape index (κ2) is 5.96. The molecule has 2 amide bonds. The van der Waals surface area contributed by atoms with Crippen LogP contribution in [-0.4, -0.2) is 11.8 Å². The highest BCUT2D eigenvalue weighted by Crippen LogP contribution is 2.22. The number of rotatable bonds is 3.